The van der Waals surface area contributed by atoms with Crippen LogP contribution in [0.25, 0.3) is 0 Å². The SMILES string of the molecule is Cc1ncn(Cc2ccc(Br)c([N+](=O)[O-])c2)c1C. The van der Waals surface area contributed by atoms with Gasteiger partial charge in [0.05, 0.1) is 21.4 Å². The summed E-state index contributed by atoms with van der Waals surface area (Å²) in [5.41, 5.74) is 3.01. The van der Waals surface area contributed by atoms with Gasteiger partial charge in [-0.25, -0.2) is 4.98 Å². The molecule has 0 radical (unpaired) electrons. The quantitative estimate of drug-likeness (QED) is 0.646. The van der Waals surface area contributed by atoms with Gasteiger partial charge in [-0.3, -0.25) is 10.1 Å². The second-order valence-electron chi connectivity index (χ2n) is 4.09. The van der Waals surface area contributed by atoms with E-state index in [1.165, 1.54) is 0 Å². The van der Waals surface area contributed by atoms with Crippen molar-refractivity contribution >= 4 is 21.6 Å². The summed E-state index contributed by atoms with van der Waals surface area (Å²) in [5, 5.41) is 10.9. The minimum absolute atomic E-state index is 0.0852. The molecule has 0 unspecified atom stereocenters. The largest absolute Gasteiger partial charge is 0.330 e. The maximum atomic E-state index is 10.9. The van der Waals surface area contributed by atoms with Crippen LogP contribution in [0.15, 0.2) is 29.0 Å². The average molecular weight is 310 g/mol. The number of aromatic nitrogens is 2. The van der Waals surface area contributed by atoms with E-state index in [4.69, 9.17) is 0 Å². The summed E-state index contributed by atoms with van der Waals surface area (Å²) >= 11 is 3.17. The summed E-state index contributed by atoms with van der Waals surface area (Å²) in [4.78, 5) is 14.7. The molecule has 5 nitrogen and oxygen atoms in total. The van der Waals surface area contributed by atoms with Crippen LogP contribution in [0.3, 0.4) is 0 Å². The zero-order valence-corrected chi connectivity index (χ0v) is 11.6. The molecule has 0 bridgehead atoms. The molecular weight excluding hydrogens is 298 g/mol. The number of aryl methyl sites for hydroxylation is 1. The number of hydrogen-bond acceptors (Lipinski definition) is 3. The summed E-state index contributed by atoms with van der Waals surface area (Å²) in [6.45, 7) is 4.51. The molecule has 0 spiro atoms. The van der Waals surface area contributed by atoms with Crippen molar-refractivity contribution in [1.29, 1.82) is 0 Å². The number of hydrogen-bond donors (Lipinski definition) is 0. The first-order valence-electron chi connectivity index (χ1n) is 5.40. The lowest BCUT2D eigenvalue weighted by atomic mass is 10.2. The van der Waals surface area contributed by atoms with Gasteiger partial charge in [0.2, 0.25) is 0 Å². The summed E-state index contributed by atoms with van der Waals surface area (Å²) in [7, 11) is 0. The van der Waals surface area contributed by atoms with Crippen molar-refractivity contribution in [2.45, 2.75) is 20.4 Å². The smallest absolute Gasteiger partial charge is 0.283 e. The van der Waals surface area contributed by atoms with Gasteiger partial charge in [0.25, 0.3) is 5.69 Å². The Morgan fingerprint density at radius 1 is 1.44 bits per heavy atom. The molecule has 2 aromatic rings. The van der Waals surface area contributed by atoms with Crippen LogP contribution in [-0.2, 0) is 6.54 Å². The van der Waals surface area contributed by atoms with Crippen LogP contribution in [0.1, 0.15) is 17.0 Å². The molecule has 18 heavy (non-hydrogen) atoms. The highest BCUT2D eigenvalue weighted by Gasteiger charge is 2.13. The van der Waals surface area contributed by atoms with Gasteiger partial charge < -0.3 is 4.57 Å². The molecule has 0 aliphatic carbocycles. The minimum Gasteiger partial charge on any atom is -0.330 e. The Bertz CT molecular complexity index is 607. The monoisotopic (exact) mass is 309 g/mol. The van der Waals surface area contributed by atoms with Crippen molar-refractivity contribution in [2.75, 3.05) is 0 Å². The highest BCUT2D eigenvalue weighted by Crippen LogP contribution is 2.26. The first-order chi connectivity index (χ1) is 8.49. The molecule has 0 aliphatic heterocycles. The van der Waals surface area contributed by atoms with Gasteiger partial charge in [-0.05, 0) is 41.4 Å². The topological polar surface area (TPSA) is 61.0 Å². The Labute approximate surface area is 113 Å². The molecule has 94 valence electrons. The van der Waals surface area contributed by atoms with Crippen molar-refractivity contribution in [3.8, 4) is 0 Å². The number of nitro groups is 1. The number of nitro benzene ring substituents is 1. The van der Waals surface area contributed by atoms with Crippen molar-refractivity contribution in [2.24, 2.45) is 0 Å². The maximum Gasteiger partial charge on any atom is 0.283 e. The van der Waals surface area contributed by atoms with Gasteiger partial charge in [-0.15, -0.1) is 0 Å². The van der Waals surface area contributed by atoms with Gasteiger partial charge in [0, 0.05) is 18.3 Å². The molecule has 2 rings (SSSR count). The number of imidazole rings is 1. The van der Waals surface area contributed by atoms with Crippen LogP contribution in [0.5, 0.6) is 0 Å². The van der Waals surface area contributed by atoms with Crippen LogP contribution >= 0.6 is 15.9 Å². The lowest BCUT2D eigenvalue weighted by molar-refractivity contribution is -0.385. The van der Waals surface area contributed by atoms with Crippen LogP contribution in [0, 0.1) is 24.0 Å². The van der Waals surface area contributed by atoms with E-state index in [-0.39, 0.29) is 10.6 Å². The van der Waals surface area contributed by atoms with E-state index in [2.05, 4.69) is 20.9 Å². The third kappa shape index (κ3) is 2.43. The van der Waals surface area contributed by atoms with Gasteiger partial charge in [0.1, 0.15) is 0 Å². The van der Waals surface area contributed by atoms with E-state index in [0.717, 1.165) is 17.0 Å². The zero-order chi connectivity index (χ0) is 13.3. The number of rotatable bonds is 3. The van der Waals surface area contributed by atoms with Gasteiger partial charge in [0.15, 0.2) is 0 Å². The normalized spacial score (nSPS) is 10.6. The van der Waals surface area contributed by atoms with Crippen molar-refractivity contribution < 1.29 is 4.92 Å². The molecule has 0 N–H and O–H groups in total. The highest BCUT2D eigenvalue weighted by molar-refractivity contribution is 9.10. The summed E-state index contributed by atoms with van der Waals surface area (Å²) in [5.74, 6) is 0. The van der Waals surface area contributed by atoms with Gasteiger partial charge in [-0.1, -0.05) is 6.07 Å². The molecule has 0 atom stereocenters. The van der Waals surface area contributed by atoms with E-state index in [9.17, 15) is 10.1 Å². The Kier molecular flexibility index (Phi) is 3.47. The third-order valence-corrected chi connectivity index (χ3v) is 3.58. The van der Waals surface area contributed by atoms with Crippen molar-refractivity contribution in [1.82, 2.24) is 9.55 Å². The molecule has 1 aromatic carbocycles. The zero-order valence-electron chi connectivity index (χ0n) is 10.1. The Balaban J connectivity index is 2.33. The molecule has 0 amide bonds. The van der Waals surface area contributed by atoms with Crippen LogP contribution in [0.2, 0.25) is 0 Å². The Morgan fingerprint density at radius 2 is 2.17 bits per heavy atom. The van der Waals surface area contributed by atoms with Gasteiger partial charge in [-0.2, -0.15) is 0 Å². The molecule has 0 fully saturated rings. The van der Waals surface area contributed by atoms with Crippen molar-refractivity contribution in [3.63, 3.8) is 0 Å². The fourth-order valence-electron chi connectivity index (χ4n) is 1.70. The molecule has 0 saturated carbocycles. The second kappa shape index (κ2) is 4.89. The number of benzene rings is 1. The minimum atomic E-state index is -0.389. The first kappa shape index (κ1) is 12.8. The summed E-state index contributed by atoms with van der Waals surface area (Å²) in [6.07, 6.45) is 1.75. The fraction of sp³-hybridized carbons (Fsp3) is 0.250. The summed E-state index contributed by atoms with van der Waals surface area (Å²) < 4.78 is 2.47. The molecule has 0 aliphatic rings. The van der Waals surface area contributed by atoms with E-state index in [1.54, 1.807) is 18.5 Å². The predicted molar refractivity (Wildman–Crippen MR) is 71.6 cm³/mol. The second-order valence-corrected chi connectivity index (χ2v) is 4.94. The van der Waals surface area contributed by atoms with Crippen LogP contribution in [0.4, 0.5) is 5.69 Å². The average Bonchev–Trinajstić information content (AvgIpc) is 2.63. The lowest BCUT2D eigenvalue weighted by Crippen LogP contribution is -2.01. The van der Waals surface area contributed by atoms with E-state index >= 15 is 0 Å². The van der Waals surface area contributed by atoms with E-state index in [1.807, 2.05) is 24.5 Å². The van der Waals surface area contributed by atoms with E-state index < -0.39 is 0 Å². The lowest BCUT2D eigenvalue weighted by Gasteiger charge is -2.06. The fourth-order valence-corrected chi connectivity index (χ4v) is 2.09. The Morgan fingerprint density at radius 3 is 2.72 bits per heavy atom. The maximum absolute atomic E-state index is 10.9. The molecular formula is C12H12BrN3O2. The third-order valence-electron chi connectivity index (χ3n) is 2.91. The predicted octanol–water partition coefficient (Wildman–Crippen LogP) is 3.22. The molecule has 6 heteroatoms. The highest BCUT2D eigenvalue weighted by atomic mass is 79.9. The molecule has 1 heterocycles. The number of nitrogens with zero attached hydrogens (tertiary/aromatic N) is 3. The first-order valence-corrected chi connectivity index (χ1v) is 6.19. The Hall–Kier alpha value is -1.69. The van der Waals surface area contributed by atoms with E-state index in [0.29, 0.717) is 11.0 Å². The molecule has 1 aromatic heterocycles. The van der Waals surface area contributed by atoms with Crippen molar-refractivity contribution in [3.05, 3.63) is 56.1 Å². The molecule has 0 saturated heterocycles. The standard InChI is InChI=1S/C12H12BrN3O2/c1-8-9(2)15(7-14-8)6-10-3-4-11(13)12(5-10)16(17)18/h3-5,7H,6H2,1-2H3. The number of halogens is 1. The van der Waals surface area contributed by atoms with Crippen LogP contribution in [-0.4, -0.2) is 14.5 Å². The summed E-state index contributed by atoms with van der Waals surface area (Å²) in [6, 6.07) is 5.15. The van der Waals surface area contributed by atoms with Gasteiger partial charge >= 0.3 is 0 Å². The van der Waals surface area contributed by atoms with Crippen LogP contribution < -0.4 is 0 Å².